The predicted molar refractivity (Wildman–Crippen MR) is 70.5 cm³/mol. The highest BCUT2D eigenvalue weighted by molar-refractivity contribution is 6.20. The first-order valence-electron chi connectivity index (χ1n) is 6.14. The van der Waals surface area contributed by atoms with Crippen molar-refractivity contribution in [2.45, 2.75) is 37.1 Å². The summed E-state index contributed by atoms with van der Waals surface area (Å²) in [5.74, 6) is -0.106. The molecule has 2 rings (SSSR count). The number of carbonyl (C=O) groups is 1. The molecule has 4 heteroatoms. The van der Waals surface area contributed by atoms with Gasteiger partial charge in [-0.15, -0.1) is 11.6 Å². The summed E-state index contributed by atoms with van der Waals surface area (Å²) >= 11 is 6.03. The number of benzene rings is 1. The molecule has 1 amide bonds. The maximum Gasteiger partial charge on any atom is 0.251 e. The fraction of sp³-hybridized carbons (Fsp3) is 0.429. The van der Waals surface area contributed by atoms with Gasteiger partial charge in [0.05, 0.1) is 11.6 Å². The Morgan fingerprint density at radius 2 is 2.06 bits per heavy atom. The van der Waals surface area contributed by atoms with Gasteiger partial charge in [-0.2, -0.15) is 5.26 Å². The summed E-state index contributed by atoms with van der Waals surface area (Å²) in [5.41, 5.74) is 1.05. The van der Waals surface area contributed by atoms with Crippen LogP contribution in [0.4, 0.5) is 0 Å². The summed E-state index contributed by atoms with van der Waals surface area (Å²) in [6.45, 7) is 0. The lowest BCUT2D eigenvalue weighted by Gasteiger charge is -2.25. The maximum absolute atomic E-state index is 12.0. The van der Waals surface area contributed by atoms with Crippen LogP contribution in [0.1, 0.15) is 41.6 Å². The van der Waals surface area contributed by atoms with Crippen LogP contribution >= 0.6 is 11.6 Å². The lowest BCUT2D eigenvalue weighted by atomic mass is 9.95. The van der Waals surface area contributed by atoms with Crippen LogP contribution in [0.5, 0.6) is 0 Å². The molecule has 1 aromatic carbocycles. The Bertz CT molecular complexity index is 473. The molecular formula is C14H15ClN2O. The molecule has 0 aromatic heterocycles. The van der Waals surface area contributed by atoms with Crippen LogP contribution in [0, 0.1) is 11.3 Å². The Hall–Kier alpha value is -1.53. The van der Waals surface area contributed by atoms with Crippen LogP contribution in [0.3, 0.4) is 0 Å². The first-order valence-corrected chi connectivity index (χ1v) is 6.58. The Kier molecular flexibility index (Phi) is 4.22. The highest BCUT2D eigenvalue weighted by Crippen LogP contribution is 2.23. The quantitative estimate of drug-likeness (QED) is 0.834. The molecule has 0 saturated heterocycles. The van der Waals surface area contributed by atoms with Gasteiger partial charge in [0.2, 0.25) is 0 Å². The number of carbonyl (C=O) groups excluding carboxylic acids is 1. The van der Waals surface area contributed by atoms with Crippen molar-refractivity contribution in [2.75, 3.05) is 0 Å². The molecule has 1 saturated carbocycles. The third-order valence-corrected chi connectivity index (χ3v) is 3.68. The second-order valence-electron chi connectivity index (χ2n) is 4.61. The third-order valence-electron chi connectivity index (χ3n) is 3.25. The van der Waals surface area contributed by atoms with Gasteiger partial charge in [0.1, 0.15) is 0 Å². The largest absolute Gasteiger partial charge is 0.349 e. The fourth-order valence-corrected chi connectivity index (χ4v) is 2.45. The van der Waals surface area contributed by atoms with Crippen molar-refractivity contribution in [1.82, 2.24) is 5.32 Å². The molecule has 1 aliphatic rings. The van der Waals surface area contributed by atoms with Crippen molar-refractivity contribution in [3.63, 3.8) is 0 Å². The first kappa shape index (κ1) is 12.9. The number of nitrogens with one attached hydrogen (secondary N) is 1. The lowest BCUT2D eigenvalue weighted by molar-refractivity contribution is 0.0928. The van der Waals surface area contributed by atoms with E-state index in [1.807, 2.05) is 6.07 Å². The van der Waals surface area contributed by atoms with Gasteiger partial charge in [-0.1, -0.05) is 6.07 Å². The normalized spacial score (nSPS) is 23.1. The van der Waals surface area contributed by atoms with Gasteiger partial charge in [-0.3, -0.25) is 4.79 Å². The molecule has 1 aliphatic carbocycles. The Morgan fingerprint density at radius 3 is 2.72 bits per heavy atom. The second kappa shape index (κ2) is 5.88. The molecule has 0 aliphatic heterocycles. The zero-order chi connectivity index (χ0) is 13.0. The van der Waals surface area contributed by atoms with Gasteiger partial charge in [0.15, 0.2) is 0 Å². The van der Waals surface area contributed by atoms with Crippen LogP contribution < -0.4 is 5.32 Å². The molecule has 0 radical (unpaired) electrons. The van der Waals surface area contributed by atoms with E-state index in [9.17, 15) is 4.79 Å². The monoisotopic (exact) mass is 262 g/mol. The molecule has 3 nitrogen and oxygen atoms in total. The summed E-state index contributed by atoms with van der Waals surface area (Å²) in [6.07, 6.45) is 3.76. The lowest BCUT2D eigenvalue weighted by Crippen LogP contribution is -2.37. The van der Waals surface area contributed by atoms with Crippen LogP contribution in [0.2, 0.25) is 0 Å². The number of halogens is 1. The molecule has 0 spiro atoms. The molecule has 94 valence electrons. The van der Waals surface area contributed by atoms with Crippen molar-refractivity contribution in [2.24, 2.45) is 0 Å². The van der Waals surface area contributed by atoms with E-state index in [-0.39, 0.29) is 17.3 Å². The summed E-state index contributed by atoms with van der Waals surface area (Å²) in [6, 6.07) is 9.00. The van der Waals surface area contributed by atoms with E-state index in [2.05, 4.69) is 5.32 Å². The molecular weight excluding hydrogens is 248 g/mol. The van der Waals surface area contributed by atoms with Gasteiger partial charge in [-0.05, 0) is 43.9 Å². The van der Waals surface area contributed by atoms with E-state index in [4.69, 9.17) is 16.9 Å². The van der Waals surface area contributed by atoms with Crippen molar-refractivity contribution < 1.29 is 4.79 Å². The number of nitrogens with zero attached hydrogens (tertiary/aromatic N) is 1. The Balaban J connectivity index is 1.97. The number of amides is 1. The third kappa shape index (κ3) is 3.24. The van der Waals surface area contributed by atoms with Crippen molar-refractivity contribution in [3.05, 3.63) is 35.4 Å². The van der Waals surface area contributed by atoms with Gasteiger partial charge in [0, 0.05) is 17.0 Å². The number of alkyl halides is 1. The van der Waals surface area contributed by atoms with Crippen LogP contribution in [0.15, 0.2) is 24.3 Å². The summed E-state index contributed by atoms with van der Waals surface area (Å²) in [4.78, 5) is 12.0. The van der Waals surface area contributed by atoms with Gasteiger partial charge in [-0.25, -0.2) is 0 Å². The number of hydrogen-bond donors (Lipinski definition) is 1. The molecule has 18 heavy (non-hydrogen) atoms. The molecule has 0 atom stereocenters. The minimum absolute atomic E-state index is 0.106. The first-order chi connectivity index (χ1) is 8.69. The van der Waals surface area contributed by atoms with Gasteiger partial charge < -0.3 is 5.32 Å². The minimum Gasteiger partial charge on any atom is -0.349 e. The smallest absolute Gasteiger partial charge is 0.251 e. The van der Waals surface area contributed by atoms with E-state index >= 15 is 0 Å². The minimum atomic E-state index is -0.106. The average Bonchev–Trinajstić information content (AvgIpc) is 2.41. The van der Waals surface area contributed by atoms with E-state index in [1.165, 1.54) is 0 Å². The number of hydrogen-bond acceptors (Lipinski definition) is 2. The van der Waals surface area contributed by atoms with Crippen molar-refractivity contribution in [3.8, 4) is 6.07 Å². The Labute approximate surface area is 112 Å². The fourth-order valence-electron chi connectivity index (χ4n) is 2.20. The average molecular weight is 263 g/mol. The maximum atomic E-state index is 12.0. The van der Waals surface area contributed by atoms with Gasteiger partial charge in [0.25, 0.3) is 5.91 Å². The summed E-state index contributed by atoms with van der Waals surface area (Å²) < 4.78 is 0. The number of rotatable bonds is 2. The zero-order valence-electron chi connectivity index (χ0n) is 10.0. The molecule has 0 bridgehead atoms. The van der Waals surface area contributed by atoms with E-state index in [1.54, 1.807) is 24.3 Å². The van der Waals surface area contributed by atoms with E-state index < -0.39 is 0 Å². The predicted octanol–water partition coefficient (Wildman–Crippen LogP) is 2.84. The van der Waals surface area contributed by atoms with E-state index in [0.717, 1.165) is 25.7 Å². The zero-order valence-corrected chi connectivity index (χ0v) is 10.8. The van der Waals surface area contributed by atoms with E-state index in [0.29, 0.717) is 11.1 Å². The standard InChI is InChI=1S/C14H15ClN2O/c15-12-4-6-13(7-5-12)17-14(18)11-3-1-2-10(8-11)9-16/h1-3,8,12-13H,4-7H2,(H,17,18). The molecule has 1 fully saturated rings. The summed E-state index contributed by atoms with van der Waals surface area (Å²) in [7, 11) is 0. The summed E-state index contributed by atoms with van der Waals surface area (Å²) in [5, 5.41) is 12.0. The molecule has 1 aromatic rings. The molecule has 0 heterocycles. The topological polar surface area (TPSA) is 52.9 Å². The Morgan fingerprint density at radius 1 is 1.33 bits per heavy atom. The second-order valence-corrected chi connectivity index (χ2v) is 5.23. The molecule has 1 N–H and O–H groups in total. The van der Waals surface area contributed by atoms with Crippen LogP contribution in [-0.4, -0.2) is 17.3 Å². The number of nitriles is 1. The highest BCUT2D eigenvalue weighted by Gasteiger charge is 2.21. The van der Waals surface area contributed by atoms with Gasteiger partial charge >= 0.3 is 0 Å². The van der Waals surface area contributed by atoms with Crippen molar-refractivity contribution >= 4 is 17.5 Å². The SMILES string of the molecule is N#Cc1cccc(C(=O)NC2CCC(Cl)CC2)c1. The van der Waals surface area contributed by atoms with Crippen molar-refractivity contribution in [1.29, 1.82) is 5.26 Å². The molecule has 0 unspecified atom stereocenters. The highest BCUT2D eigenvalue weighted by atomic mass is 35.5. The van der Waals surface area contributed by atoms with Crippen LogP contribution in [0.25, 0.3) is 0 Å². The van der Waals surface area contributed by atoms with Crippen LogP contribution in [-0.2, 0) is 0 Å².